The van der Waals surface area contributed by atoms with E-state index in [4.69, 9.17) is 4.18 Å². The highest BCUT2D eigenvalue weighted by Gasteiger charge is 2.42. The van der Waals surface area contributed by atoms with Gasteiger partial charge in [-0.15, -0.1) is 0 Å². The second kappa shape index (κ2) is 6.83. The van der Waals surface area contributed by atoms with Crippen molar-refractivity contribution in [2.75, 3.05) is 0 Å². The van der Waals surface area contributed by atoms with E-state index in [1.165, 1.54) is 22.3 Å². The molecule has 3 nitrogen and oxygen atoms in total. The number of hydrogen-bond acceptors (Lipinski definition) is 3. The minimum Gasteiger partial charge on any atom is -0.262 e. The zero-order valence-electron chi connectivity index (χ0n) is 15.1. The molecule has 5 heteroatoms. The molecule has 0 heterocycles. The summed E-state index contributed by atoms with van der Waals surface area (Å²) < 4.78 is 32.7. The first-order chi connectivity index (χ1) is 13.5. The summed E-state index contributed by atoms with van der Waals surface area (Å²) in [7, 11) is -3.84. The van der Waals surface area contributed by atoms with Crippen molar-refractivity contribution in [1.82, 2.24) is 0 Å². The monoisotopic (exact) mass is 454 g/mol. The molecule has 6 rings (SSSR count). The van der Waals surface area contributed by atoms with Gasteiger partial charge in [0.2, 0.25) is 0 Å². The van der Waals surface area contributed by atoms with E-state index in [1.807, 2.05) is 12.1 Å². The first kappa shape index (κ1) is 18.1. The van der Waals surface area contributed by atoms with Crippen molar-refractivity contribution in [3.8, 4) is 0 Å². The maximum atomic E-state index is 13.0. The van der Waals surface area contributed by atoms with Gasteiger partial charge in [0.1, 0.15) is 0 Å². The lowest BCUT2D eigenvalue weighted by Crippen LogP contribution is -2.27. The van der Waals surface area contributed by atoms with Gasteiger partial charge in [-0.1, -0.05) is 64.5 Å². The highest BCUT2D eigenvalue weighted by molar-refractivity contribution is 9.10. The normalized spacial score (nSPS) is 23.0. The average molecular weight is 455 g/mol. The molecule has 3 aliphatic rings. The number of hydrogen-bond donors (Lipinski definition) is 0. The highest BCUT2D eigenvalue weighted by atomic mass is 79.9. The molecule has 0 saturated heterocycles. The fourth-order valence-electron chi connectivity index (χ4n) is 4.69. The Morgan fingerprint density at radius 1 is 0.750 bits per heavy atom. The Bertz CT molecular complexity index is 1090. The largest absolute Gasteiger partial charge is 0.297 e. The van der Waals surface area contributed by atoms with Gasteiger partial charge in [-0.05, 0) is 59.4 Å². The van der Waals surface area contributed by atoms with Crippen LogP contribution in [0.3, 0.4) is 0 Å². The summed E-state index contributed by atoms with van der Waals surface area (Å²) in [5.74, 6) is 0.226. The Hall–Kier alpha value is -1.95. The Labute approximate surface area is 173 Å². The van der Waals surface area contributed by atoms with Crippen molar-refractivity contribution in [3.63, 3.8) is 0 Å². The minimum atomic E-state index is -3.84. The summed E-state index contributed by atoms with van der Waals surface area (Å²) in [6.07, 6.45) is 1.17. The molecule has 0 aliphatic heterocycles. The number of benzene rings is 3. The molecule has 3 aliphatic carbocycles. The van der Waals surface area contributed by atoms with E-state index in [9.17, 15) is 8.42 Å². The molecule has 0 spiro atoms. The smallest absolute Gasteiger partial charge is 0.262 e. The minimum absolute atomic E-state index is 0.0728. The molecule has 3 aromatic rings. The Balaban J connectivity index is 1.59. The highest BCUT2D eigenvalue weighted by Crippen LogP contribution is 2.51. The Morgan fingerprint density at radius 2 is 1.29 bits per heavy atom. The van der Waals surface area contributed by atoms with Crippen LogP contribution >= 0.6 is 15.9 Å². The molecule has 3 aromatic carbocycles. The predicted octanol–water partition coefficient (Wildman–Crippen LogP) is 5.59. The van der Waals surface area contributed by atoms with E-state index in [1.54, 1.807) is 24.3 Å². The van der Waals surface area contributed by atoms with Gasteiger partial charge in [0.25, 0.3) is 10.1 Å². The van der Waals surface area contributed by atoms with Crippen molar-refractivity contribution < 1.29 is 12.6 Å². The summed E-state index contributed by atoms with van der Waals surface area (Å²) in [4.78, 5) is 0.191. The topological polar surface area (TPSA) is 43.4 Å². The third-order valence-corrected chi connectivity index (χ3v) is 7.76. The van der Waals surface area contributed by atoms with Crippen molar-refractivity contribution in [1.29, 1.82) is 0 Å². The van der Waals surface area contributed by atoms with Gasteiger partial charge in [0, 0.05) is 16.3 Å². The number of rotatable bonds is 3. The molecule has 0 amide bonds. The molecular formula is C23H19BrO3S. The maximum absolute atomic E-state index is 13.0. The molecule has 0 fully saturated rings. The van der Waals surface area contributed by atoms with E-state index in [0.717, 1.165) is 10.9 Å². The van der Waals surface area contributed by atoms with Gasteiger partial charge < -0.3 is 0 Å². The van der Waals surface area contributed by atoms with E-state index < -0.39 is 16.2 Å². The fourth-order valence-corrected chi connectivity index (χ4v) is 6.07. The third kappa shape index (κ3) is 2.93. The van der Waals surface area contributed by atoms with E-state index >= 15 is 0 Å². The van der Waals surface area contributed by atoms with Crippen molar-refractivity contribution in [2.45, 2.75) is 35.7 Å². The van der Waals surface area contributed by atoms with Crippen LogP contribution in [0.2, 0.25) is 0 Å². The first-order valence-electron chi connectivity index (χ1n) is 9.41. The lowest BCUT2D eigenvalue weighted by Gasteiger charge is -2.32. The van der Waals surface area contributed by atoms with Crippen LogP contribution < -0.4 is 0 Å². The van der Waals surface area contributed by atoms with Crippen molar-refractivity contribution in [2.24, 2.45) is 0 Å². The zero-order valence-corrected chi connectivity index (χ0v) is 17.5. The van der Waals surface area contributed by atoms with Crippen LogP contribution in [0.4, 0.5) is 0 Å². The lowest BCUT2D eigenvalue weighted by atomic mass is 9.73. The maximum Gasteiger partial charge on any atom is 0.297 e. The molecule has 142 valence electrons. The molecule has 0 radical (unpaired) electrons. The standard InChI is InChI=1S/C23H19BrO3S/c24-15-9-11-16(12-10-15)28(25,26)27-22-14-13-19-17-5-1-3-7-20(17)23(22)21-8-4-2-6-18(19)21/h1-12,19,22-23H,13-14H2/t19?,22-,23?/m1/s1. The van der Waals surface area contributed by atoms with E-state index in [2.05, 4.69) is 52.3 Å². The summed E-state index contributed by atoms with van der Waals surface area (Å²) in [6, 6.07) is 23.4. The average Bonchev–Trinajstić information content (AvgIpc) is 2.95. The SMILES string of the molecule is O=S(=O)(O[C@@H]1CCC2c3ccccc3C1c1ccccc12)c1ccc(Br)cc1. The van der Waals surface area contributed by atoms with Crippen LogP contribution in [0.1, 0.15) is 46.9 Å². The second-order valence-corrected chi connectivity index (χ2v) is 9.90. The molecule has 0 saturated carbocycles. The van der Waals surface area contributed by atoms with Crippen LogP contribution in [0.15, 0.2) is 82.2 Å². The molecule has 0 unspecified atom stereocenters. The van der Waals surface area contributed by atoms with Gasteiger partial charge in [-0.25, -0.2) is 0 Å². The second-order valence-electron chi connectivity index (χ2n) is 7.41. The molecule has 0 aromatic heterocycles. The third-order valence-electron chi connectivity index (χ3n) is 5.88. The number of halogens is 1. The van der Waals surface area contributed by atoms with Gasteiger partial charge in [-0.2, -0.15) is 8.42 Å². The van der Waals surface area contributed by atoms with Crippen LogP contribution in [0.25, 0.3) is 0 Å². The van der Waals surface area contributed by atoms with Gasteiger partial charge >= 0.3 is 0 Å². The molecule has 2 bridgehead atoms. The van der Waals surface area contributed by atoms with Crippen LogP contribution in [0.5, 0.6) is 0 Å². The van der Waals surface area contributed by atoms with Crippen LogP contribution in [0, 0.1) is 0 Å². The van der Waals surface area contributed by atoms with Gasteiger partial charge in [0.15, 0.2) is 0 Å². The first-order valence-corrected chi connectivity index (χ1v) is 11.6. The van der Waals surface area contributed by atoms with E-state index in [-0.39, 0.29) is 10.8 Å². The molecule has 28 heavy (non-hydrogen) atoms. The summed E-state index contributed by atoms with van der Waals surface area (Å²) in [6.45, 7) is 0. The van der Waals surface area contributed by atoms with Crippen LogP contribution in [-0.4, -0.2) is 14.5 Å². The lowest BCUT2D eigenvalue weighted by molar-refractivity contribution is 0.183. The van der Waals surface area contributed by atoms with Crippen molar-refractivity contribution >= 4 is 26.0 Å². The summed E-state index contributed by atoms with van der Waals surface area (Å²) >= 11 is 3.35. The van der Waals surface area contributed by atoms with E-state index in [0.29, 0.717) is 12.3 Å². The summed E-state index contributed by atoms with van der Waals surface area (Å²) in [5.41, 5.74) is 5.00. The zero-order chi connectivity index (χ0) is 19.3. The molecule has 1 atom stereocenters. The Morgan fingerprint density at radius 3 is 1.86 bits per heavy atom. The van der Waals surface area contributed by atoms with Crippen LogP contribution in [-0.2, 0) is 14.3 Å². The van der Waals surface area contributed by atoms with Gasteiger partial charge in [-0.3, -0.25) is 4.18 Å². The predicted molar refractivity (Wildman–Crippen MR) is 112 cm³/mol. The summed E-state index contributed by atoms with van der Waals surface area (Å²) in [5, 5.41) is 0. The molecular weight excluding hydrogens is 436 g/mol. The van der Waals surface area contributed by atoms with Gasteiger partial charge in [0.05, 0.1) is 11.0 Å². The Kier molecular flexibility index (Phi) is 4.42. The fraction of sp³-hybridized carbons (Fsp3) is 0.217. The number of fused-ring (bicyclic) bond motifs is 2. The molecule has 0 N–H and O–H groups in total. The van der Waals surface area contributed by atoms with Crippen molar-refractivity contribution in [3.05, 3.63) is 99.5 Å². The quantitative estimate of drug-likeness (QED) is 0.484.